The van der Waals surface area contributed by atoms with E-state index in [1.807, 2.05) is 5.48 Å². The Labute approximate surface area is 96.6 Å². The van der Waals surface area contributed by atoms with E-state index >= 15 is 0 Å². The number of rotatable bonds is 5. The number of alkyl halides is 3. The molecule has 0 aliphatic carbocycles. The predicted molar refractivity (Wildman–Crippen MR) is 52.0 cm³/mol. The monoisotopic (exact) mass is 256 g/mol. The summed E-state index contributed by atoms with van der Waals surface area (Å²) in [6.07, 6.45) is -2.96. The Morgan fingerprint density at radius 3 is 2.59 bits per heavy atom. The molecule has 1 fully saturated rings. The maximum absolute atomic E-state index is 11.7. The Balaban J connectivity index is 2.04. The van der Waals surface area contributed by atoms with Gasteiger partial charge in [0.25, 0.3) is 0 Å². The van der Waals surface area contributed by atoms with Gasteiger partial charge in [0.05, 0.1) is 6.54 Å². The standard InChI is InChI=1S/C9H15F3N2O3/c10-9(11,12)6-17-13-5-8(15)14-7-1-3-16-4-2-7/h7,13H,1-6H2,(H,14,15). The molecule has 0 aromatic carbocycles. The third-order valence-electron chi connectivity index (χ3n) is 2.16. The number of nitrogens with one attached hydrogen (secondary N) is 2. The Bertz CT molecular complexity index is 242. The van der Waals surface area contributed by atoms with Gasteiger partial charge in [-0.25, -0.2) is 0 Å². The van der Waals surface area contributed by atoms with Crippen LogP contribution in [0, 0.1) is 0 Å². The van der Waals surface area contributed by atoms with Crippen LogP contribution in [-0.4, -0.2) is 44.5 Å². The van der Waals surface area contributed by atoms with Crippen LogP contribution in [0.1, 0.15) is 12.8 Å². The van der Waals surface area contributed by atoms with Crippen molar-refractivity contribution in [1.29, 1.82) is 0 Å². The first-order valence-electron chi connectivity index (χ1n) is 5.26. The summed E-state index contributed by atoms with van der Waals surface area (Å²) >= 11 is 0. The molecule has 1 rings (SSSR count). The first-order chi connectivity index (χ1) is 7.97. The van der Waals surface area contributed by atoms with Gasteiger partial charge in [-0.15, -0.1) is 0 Å². The summed E-state index contributed by atoms with van der Waals surface area (Å²) in [6, 6.07) is 0.0284. The first-order valence-corrected chi connectivity index (χ1v) is 5.26. The summed E-state index contributed by atoms with van der Waals surface area (Å²) < 4.78 is 40.1. The Morgan fingerprint density at radius 1 is 1.35 bits per heavy atom. The number of hydrogen-bond acceptors (Lipinski definition) is 4. The van der Waals surface area contributed by atoms with Gasteiger partial charge in [0, 0.05) is 19.3 Å². The molecular weight excluding hydrogens is 241 g/mol. The van der Waals surface area contributed by atoms with Crippen molar-refractivity contribution in [2.45, 2.75) is 25.1 Å². The molecule has 1 aliphatic heterocycles. The summed E-state index contributed by atoms with van der Waals surface area (Å²) in [6.45, 7) is -0.545. The summed E-state index contributed by atoms with van der Waals surface area (Å²) in [7, 11) is 0. The second-order valence-electron chi connectivity index (χ2n) is 3.68. The number of carbonyl (C=O) groups is 1. The van der Waals surface area contributed by atoms with Crippen molar-refractivity contribution in [1.82, 2.24) is 10.8 Å². The minimum Gasteiger partial charge on any atom is -0.381 e. The third-order valence-corrected chi connectivity index (χ3v) is 2.16. The van der Waals surface area contributed by atoms with Crippen LogP contribution in [0.15, 0.2) is 0 Å². The zero-order valence-electron chi connectivity index (χ0n) is 9.18. The molecule has 100 valence electrons. The molecule has 0 aromatic heterocycles. The van der Waals surface area contributed by atoms with Crippen LogP contribution in [0.2, 0.25) is 0 Å². The van der Waals surface area contributed by atoms with Gasteiger partial charge in [-0.1, -0.05) is 0 Å². The quantitative estimate of drug-likeness (QED) is 0.551. The van der Waals surface area contributed by atoms with Gasteiger partial charge >= 0.3 is 6.18 Å². The van der Waals surface area contributed by atoms with E-state index in [9.17, 15) is 18.0 Å². The molecule has 1 heterocycles. The molecule has 1 aliphatic rings. The first kappa shape index (κ1) is 14.2. The second-order valence-corrected chi connectivity index (χ2v) is 3.68. The van der Waals surface area contributed by atoms with Crippen molar-refractivity contribution in [2.24, 2.45) is 0 Å². The largest absolute Gasteiger partial charge is 0.413 e. The lowest BCUT2D eigenvalue weighted by Gasteiger charge is -2.23. The van der Waals surface area contributed by atoms with Crippen molar-refractivity contribution in [3.63, 3.8) is 0 Å². The summed E-state index contributed by atoms with van der Waals surface area (Å²) in [5.74, 6) is -0.390. The van der Waals surface area contributed by atoms with Crippen LogP contribution in [0.25, 0.3) is 0 Å². The molecule has 0 unspecified atom stereocenters. The minimum absolute atomic E-state index is 0.0284. The van der Waals surface area contributed by atoms with Crippen LogP contribution < -0.4 is 10.8 Å². The van der Waals surface area contributed by atoms with Crippen molar-refractivity contribution in [2.75, 3.05) is 26.4 Å². The molecule has 0 aromatic rings. The fourth-order valence-corrected chi connectivity index (χ4v) is 1.37. The lowest BCUT2D eigenvalue weighted by Crippen LogP contribution is -2.43. The van der Waals surface area contributed by atoms with Crippen molar-refractivity contribution < 1.29 is 27.5 Å². The number of halogens is 3. The number of hydroxylamine groups is 1. The maximum Gasteiger partial charge on any atom is 0.413 e. The molecule has 1 amide bonds. The smallest absolute Gasteiger partial charge is 0.381 e. The number of ether oxygens (including phenoxy) is 1. The lowest BCUT2D eigenvalue weighted by atomic mass is 10.1. The molecule has 5 nitrogen and oxygen atoms in total. The average Bonchev–Trinajstić information content (AvgIpc) is 2.25. The molecule has 8 heteroatoms. The molecule has 0 radical (unpaired) electrons. The van der Waals surface area contributed by atoms with Crippen molar-refractivity contribution in [3.8, 4) is 0 Å². The van der Waals surface area contributed by atoms with E-state index in [-0.39, 0.29) is 18.5 Å². The second kappa shape index (κ2) is 6.77. The number of amides is 1. The summed E-state index contributed by atoms with van der Waals surface area (Å²) in [5, 5.41) is 2.67. The highest BCUT2D eigenvalue weighted by molar-refractivity contribution is 5.78. The highest BCUT2D eigenvalue weighted by Gasteiger charge is 2.27. The van der Waals surface area contributed by atoms with E-state index in [1.165, 1.54) is 0 Å². The van der Waals surface area contributed by atoms with Crippen LogP contribution in [-0.2, 0) is 14.4 Å². The molecule has 0 atom stereocenters. The Hall–Kier alpha value is -0.860. The number of carbonyl (C=O) groups excluding carboxylic acids is 1. The van der Waals surface area contributed by atoms with Gasteiger partial charge in [0.2, 0.25) is 5.91 Å². The Kier molecular flexibility index (Phi) is 5.66. The molecular formula is C9H15F3N2O3. The van der Waals surface area contributed by atoms with Gasteiger partial charge in [-0.05, 0) is 12.8 Å². The normalized spacial score (nSPS) is 18.1. The summed E-state index contributed by atoms with van der Waals surface area (Å²) in [5.41, 5.74) is 1.97. The highest BCUT2D eigenvalue weighted by atomic mass is 19.4. The zero-order chi connectivity index (χ0) is 12.7. The minimum atomic E-state index is -4.40. The van der Waals surface area contributed by atoms with Gasteiger partial charge in [-0.3, -0.25) is 9.63 Å². The van der Waals surface area contributed by atoms with E-state index < -0.39 is 12.8 Å². The van der Waals surface area contributed by atoms with Crippen LogP contribution in [0.4, 0.5) is 13.2 Å². The molecule has 0 saturated carbocycles. The van der Waals surface area contributed by atoms with Gasteiger partial charge in [0.1, 0.15) is 0 Å². The van der Waals surface area contributed by atoms with Crippen LogP contribution in [0.5, 0.6) is 0 Å². The molecule has 0 bridgehead atoms. The van der Waals surface area contributed by atoms with Gasteiger partial charge in [-0.2, -0.15) is 18.7 Å². The van der Waals surface area contributed by atoms with E-state index in [0.29, 0.717) is 13.2 Å². The lowest BCUT2D eigenvalue weighted by molar-refractivity contribution is -0.189. The SMILES string of the molecule is O=C(CNOCC(F)(F)F)NC1CCOCC1. The van der Waals surface area contributed by atoms with Crippen molar-refractivity contribution >= 4 is 5.91 Å². The highest BCUT2D eigenvalue weighted by Crippen LogP contribution is 2.13. The third kappa shape index (κ3) is 7.14. The maximum atomic E-state index is 11.7. The number of hydrogen-bond donors (Lipinski definition) is 2. The topological polar surface area (TPSA) is 59.6 Å². The molecule has 0 spiro atoms. The van der Waals surface area contributed by atoms with E-state index in [0.717, 1.165) is 12.8 Å². The van der Waals surface area contributed by atoms with Gasteiger partial charge in [0.15, 0.2) is 6.61 Å². The van der Waals surface area contributed by atoms with E-state index in [4.69, 9.17) is 4.74 Å². The fraction of sp³-hybridized carbons (Fsp3) is 0.889. The van der Waals surface area contributed by atoms with Crippen molar-refractivity contribution in [3.05, 3.63) is 0 Å². The molecule has 1 saturated heterocycles. The van der Waals surface area contributed by atoms with Crippen LogP contribution >= 0.6 is 0 Å². The average molecular weight is 256 g/mol. The van der Waals surface area contributed by atoms with Crippen LogP contribution in [0.3, 0.4) is 0 Å². The molecule has 2 N–H and O–H groups in total. The Morgan fingerprint density at radius 2 is 2.00 bits per heavy atom. The van der Waals surface area contributed by atoms with E-state index in [2.05, 4.69) is 10.2 Å². The van der Waals surface area contributed by atoms with E-state index in [1.54, 1.807) is 0 Å². The fourth-order valence-electron chi connectivity index (χ4n) is 1.37. The predicted octanol–water partition coefficient (Wildman–Crippen LogP) is 0.365. The van der Waals surface area contributed by atoms with Gasteiger partial charge < -0.3 is 10.1 Å². The zero-order valence-corrected chi connectivity index (χ0v) is 9.18. The molecule has 17 heavy (non-hydrogen) atoms. The summed E-state index contributed by atoms with van der Waals surface area (Å²) in [4.78, 5) is 15.4.